The lowest BCUT2D eigenvalue weighted by molar-refractivity contribution is -0.116. The number of sulfonamides is 1. The molecule has 138 valence electrons. The molecule has 0 aliphatic rings. The minimum atomic E-state index is -3.72. The van der Waals surface area contributed by atoms with Crippen molar-refractivity contribution in [1.82, 2.24) is 5.32 Å². The summed E-state index contributed by atoms with van der Waals surface area (Å²) in [6.07, 6.45) is 3.06. The lowest BCUT2D eigenvalue weighted by atomic mass is 10.2. The van der Waals surface area contributed by atoms with Crippen molar-refractivity contribution in [3.05, 3.63) is 59.7 Å². The van der Waals surface area contributed by atoms with Crippen LogP contribution in [0.25, 0.3) is 6.08 Å². The molecule has 7 nitrogen and oxygen atoms in total. The summed E-state index contributed by atoms with van der Waals surface area (Å²) in [5, 5.41) is 7.76. The molecule has 0 aliphatic carbocycles. The fourth-order valence-corrected chi connectivity index (χ4v) is 2.69. The quantitative estimate of drug-likeness (QED) is 0.715. The number of methoxy groups -OCH3 is 2. The summed E-state index contributed by atoms with van der Waals surface area (Å²) >= 11 is 0. The molecular weight excluding hydrogens is 356 g/mol. The first-order valence-electron chi connectivity index (χ1n) is 7.63. The van der Waals surface area contributed by atoms with Crippen LogP contribution in [-0.4, -0.2) is 28.5 Å². The summed E-state index contributed by atoms with van der Waals surface area (Å²) in [5.41, 5.74) is 1.54. The summed E-state index contributed by atoms with van der Waals surface area (Å²) in [6.45, 7) is 0.264. The zero-order chi connectivity index (χ0) is 19.2. The minimum Gasteiger partial charge on any atom is -0.493 e. The second-order valence-corrected chi connectivity index (χ2v) is 6.92. The molecule has 0 radical (unpaired) electrons. The number of amides is 1. The van der Waals surface area contributed by atoms with Gasteiger partial charge in [0.1, 0.15) is 0 Å². The Bertz CT molecular complexity index is 906. The van der Waals surface area contributed by atoms with Crippen LogP contribution >= 0.6 is 0 Å². The average Bonchev–Trinajstić information content (AvgIpc) is 2.64. The van der Waals surface area contributed by atoms with Gasteiger partial charge in [-0.15, -0.1) is 0 Å². The van der Waals surface area contributed by atoms with E-state index < -0.39 is 10.0 Å². The van der Waals surface area contributed by atoms with Crippen LogP contribution in [0, 0.1) is 0 Å². The van der Waals surface area contributed by atoms with Crippen LogP contribution in [0.2, 0.25) is 0 Å². The number of ether oxygens (including phenoxy) is 2. The first kappa shape index (κ1) is 19.5. The Morgan fingerprint density at radius 2 is 1.73 bits per heavy atom. The highest BCUT2D eigenvalue weighted by Crippen LogP contribution is 2.27. The van der Waals surface area contributed by atoms with E-state index >= 15 is 0 Å². The van der Waals surface area contributed by atoms with Crippen LogP contribution in [0.3, 0.4) is 0 Å². The first-order chi connectivity index (χ1) is 12.3. The molecule has 0 atom stereocenters. The summed E-state index contributed by atoms with van der Waals surface area (Å²) in [4.78, 5) is 12.0. The van der Waals surface area contributed by atoms with E-state index in [1.807, 2.05) is 0 Å². The van der Waals surface area contributed by atoms with E-state index in [0.717, 1.165) is 11.1 Å². The van der Waals surface area contributed by atoms with Gasteiger partial charge >= 0.3 is 0 Å². The maximum Gasteiger partial charge on any atom is 0.244 e. The first-order valence-corrected chi connectivity index (χ1v) is 9.18. The largest absolute Gasteiger partial charge is 0.493 e. The van der Waals surface area contributed by atoms with Crippen LogP contribution in [0.5, 0.6) is 11.5 Å². The monoisotopic (exact) mass is 376 g/mol. The van der Waals surface area contributed by atoms with Gasteiger partial charge in [-0.3, -0.25) is 4.79 Å². The smallest absolute Gasteiger partial charge is 0.244 e. The van der Waals surface area contributed by atoms with Gasteiger partial charge in [0, 0.05) is 12.6 Å². The molecule has 1 amide bonds. The number of benzene rings is 2. The minimum absolute atomic E-state index is 0.0286. The highest BCUT2D eigenvalue weighted by atomic mass is 32.2. The number of primary sulfonamides is 1. The third kappa shape index (κ3) is 5.33. The van der Waals surface area contributed by atoms with Crippen LogP contribution < -0.4 is 19.9 Å². The van der Waals surface area contributed by atoms with Crippen LogP contribution in [0.15, 0.2) is 53.4 Å². The Kier molecular flexibility index (Phi) is 6.37. The number of nitrogens with one attached hydrogen (secondary N) is 1. The van der Waals surface area contributed by atoms with E-state index in [4.69, 9.17) is 14.6 Å². The predicted octanol–water partition coefficient (Wildman–Crippen LogP) is 1.68. The number of nitrogens with two attached hydrogens (primary N) is 1. The molecule has 0 saturated heterocycles. The maximum atomic E-state index is 11.9. The van der Waals surface area contributed by atoms with Gasteiger partial charge in [0.2, 0.25) is 15.9 Å². The van der Waals surface area contributed by atoms with Gasteiger partial charge in [0.25, 0.3) is 0 Å². The van der Waals surface area contributed by atoms with Crippen molar-refractivity contribution in [3.8, 4) is 11.5 Å². The lowest BCUT2D eigenvalue weighted by Crippen LogP contribution is -2.20. The standard InChI is InChI=1S/C18H20N2O5S/c1-24-16-9-5-13(11-17(16)25-2)6-10-18(21)20-12-14-3-7-15(8-4-14)26(19,22)23/h3-11H,12H2,1-2H3,(H,20,21)(H2,19,22,23)/b10-6+. The Labute approximate surface area is 152 Å². The molecule has 2 aromatic carbocycles. The van der Waals surface area contributed by atoms with Crippen molar-refractivity contribution in [2.24, 2.45) is 5.14 Å². The summed E-state index contributed by atoms with van der Waals surface area (Å²) in [6, 6.07) is 11.3. The zero-order valence-corrected chi connectivity index (χ0v) is 15.2. The number of carbonyl (C=O) groups is 1. The number of hydrogen-bond donors (Lipinski definition) is 2. The van der Waals surface area contributed by atoms with Crippen molar-refractivity contribution in [3.63, 3.8) is 0 Å². The molecule has 2 rings (SSSR count). The topological polar surface area (TPSA) is 108 Å². The molecule has 0 spiro atoms. The van der Waals surface area contributed by atoms with Gasteiger partial charge in [-0.2, -0.15) is 0 Å². The van der Waals surface area contributed by atoms with Crippen molar-refractivity contribution in [1.29, 1.82) is 0 Å². The van der Waals surface area contributed by atoms with Gasteiger partial charge in [0.05, 0.1) is 19.1 Å². The van der Waals surface area contributed by atoms with Gasteiger partial charge in [0.15, 0.2) is 11.5 Å². The lowest BCUT2D eigenvalue weighted by Gasteiger charge is -2.07. The van der Waals surface area contributed by atoms with Gasteiger partial charge in [-0.05, 0) is 41.5 Å². The Balaban J connectivity index is 1.95. The molecule has 0 bridgehead atoms. The van der Waals surface area contributed by atoms with Crippen LogP contribution in [0.1, 0.15) is 11.1 Å². The van der Waals surface area contributed by atoms with Crippen LogP contribution in [0.4, 0.5) is 0 Å². The SMILES string of the molecule is COc1ccc(/C=C/C(=O)NCc2ccc(S(N)(=O)=O)cc2)cc1OC. The van der Waals surface area contributed by atoms with E-state index in [9.17, 15) is 13.2 Å². The summed E-state index contributed by atoms with van der Waals surface area (Å²) in [5.74, 6) is 0.900. The number of carbonyl (C=O) groups excluding carboxylic acids is 1. The third-order valence-corrected chi connectivity index (χ3v) is 4.48. The molecule has 3 N–H and O–H groups in total. The van der Waals surface area contributed by atoms with Gasteiger partial charge in [-0.1, -0.05) is 18.2 Å². The van der Waals surface area contributed by atoms with E-state index in [1.54, 1.807) is 50.6 Å². The van der Waals surface area contributed by atoms with Crippen molar-refractivity contribution in [2.45, 2.75) is 11.4 Å². The molecule has 26 heavy (non-hydrogen) atoms. The Morgan fingerprint density at radius 1 is 1.08 bits per heavy atom. The molecule has 0 aromatic heterocycles. The zero-order valence-electron chi connectivity index (χ0n) is 14.4. The predicted molar refractivity (Wildman–Crippen MR) is 98.2 cm³/mol. The normalized spacial score (nSPS) is 11.3. The van der Waals surface area contributed by atoms with E-state index in [0.29, 0.717) is 11.5 Å². The Morgan fingerprint density at radius 3 is 2.31 bits per heavy atom. The molecular formula is C18H20N2O5S. The second kappa shape index (κ2) is 8.50. The maximum absolute atomic E-state index is 11.9. The molecule has 0 saturated carbocycles. The van der Waals surface area contributed by atoms with Crippen molar-refractivity contribution in [2.75, 3.05) is 14.2 Å². The molecule has 0 unspecified atom stereocenters. The fraction of sp³-hybridized carbons (Fsp3) is 0.167. The molecule has 8 heteroatoms. The van der Waals surface area contributed by atoms with Crippen molar-refractivity contribution < 1.29 is 22.7 Å². The van der Waals surface area contributed by atoms with E-state index in [2.05, 4.69) is 5.32 Å². The fourth-order valence-electron chi connectivity index (χ4n) is 2.17. The molecule has 0 heterocycles. The molecule has 2 aromatic rings. The summed E-state index contributed by atoms with van der Waals surface area (Å²) in [7, 11) is -0.626. The average molecular weight is 376 g/mol. The number of rotatable bonds is 7. The molecule has 0 fully saturated rings. The van der Waals surface area contributed by atoms with E-state index in [1.165, 1.54) is 18.2 Å². The Hall–Kier alpha value is -2.84. The van der Waals surface area contributed by atoms with E-state index in [-0.39, 0.29) is 17.3 Å². The summed E-state index contributed by atoms with van der Waals surface area (Å²) < 4.78 is 32.8. The van der Waals surface area contributed by atoms with Crippen molar-refractivity contribution >= 4 is 22.0 Å². The molecule has 0 aliphatic heterocycles. The number of hydrogen-bond acceptors (Lipinski definition) is 5. The second-order valence-electron chi connectivity index (χ2n) is 5.35. The highest BCUT2D eigenvalue weighted by molar-refractivity contribution is 7.89. The van der Waals surface area contributed by atoms with Gasteiger partial charge < -0.3 is 14.8 Å². The van der Waals surface area contributed by atoms with Gasteiger partial charge in [-0.25, -0.2) is 13.6 Å². The van der Waals surface area contributed by atoms with Crippen LogP contribution in [-0.2, 0) is 21.4 Å². The third-order valence-electron chi connectivity index (χ3n) is 3.55. The highest BCUT2D eigenvalue weighted by Gasteiger charge is 2.07.